The van der Waals surface area contributed by atoms with E-state index in [0.29, 0.717) is 19.0 Å². The van der Waals surface area contributed by atoms with E-state index < -0.39 is 15.9 Å². The van der Waals surface area contributed by atoms with Crippen LogP contribution in [0.5, 0.6) is 0 Å². The lowest BCUT2D eigenvalue weighted by Crippen LogP contribution is -2.40. The fraction of sp³-hybridized carbons (Fsp3) is 0.615. The molecule has 7 nitrogen and oxygen atoms in total. The molecule has 0 spiro atoms. The van der Waals surface area contributed by atoms with E-state index in [1.807, 2.05) is 7.05 Å². The molecule has 126 valence electrons. The van der Waals surface area contributed by atoms with Crippen molar-refractivity contribution in [2.45, 2.75) is 17.7 Å². The molecule has 0 saturated carbocycles. The Balaban J connectivity index is 0.00000242. The molecule has 1 saturated heterocycles. The predicted octanol–water partition coefficient (Wildman–Crippen LogP) is 0.166. The first kappa shape index (κ1) is 19.0. The van der Waals surface area contributed by atoms with Gasteiger partial charge in [0.05, 0.1) is 0 Å². The third-order valence-corrected chi connectivity index (χ3v) is 5.80. The summed E-state index contributed by atoms with van der Waals surface area (Å²) >= 11 is 0. The van der Waals surface area contributed by atoms with Gasteiger partial charge in [-0.05, 0) is 38.4 Å². The van der Waals surface area contributed by atoms with Crippen LogP contribution in [0, 0.1) is 5.92 Å². The fourth-order valence-corrected chi connectivity index (χ4v) is 4.25. The van der Waals surface area contributed by atoms with E-state index >= 15 is 0 Å². The topological polar surface area (TPSA) is 97.4 Å². The molecule has 0 bridgehead atoms. The van der Waals surface area contributed by atoms with Crippen LogP contribution >= 0.6 is 12.4 Å². The number of piperidine rings is 1. The summed E-state index contributed by atoms with van der Waals surface area (Å²) in [5.41, 5.74) is 5.42. The number of hydrogen-bond donors (Lipinski definition) is 2. The molecule has 0 atom stereocenters. The second-order valence-corrected chi connectivity index (χ2v) is 7.38. The lowest BCUT2D eigenvalue weighted by Gasteiger charge is -2.30. The summed E-state index contributed by atoms with van der Waals surface area (Å²) in [6.45, 7) is 1.93. The van der Waals surface area contributed by atoms with Crippen LogP contribution in [0.1, 0.15) is 23.3 Å². The molecular formula is C13H23ClN4O3S. The Bertz CT molecular complexity index is 621. The van der Waals surface area contributed by atoms with Crippen LogP contribution in [0.3, 0.4) is 0 Å². The summed E-state index contributed by atoms with van der Waals surface area (Å²) in [6, 6.07) is 1.34. The number of hydrogen-bond acceptors (Lipinski definition) is 4. The van der Waals surface area contributed by atoms with Gasteiger partial charge in [-0.2, -0.15) is 4.31 Å². The second kappa shape index (κ2) is 7.45. The highest BCUT2D eigenvalue weighted by atomic mass is 35.5. The molecule has 1 amide bonds. The van der Waals surface area contributed by atoms with Crippen LogP contribution in [0.2, 0.25) is 0 Å². The van der Waals surface area contributed by atoms with E-state index in [9.17, 15) is 13.2 Å². The Kier molecular flexibility index (Phi) is 6.42. The molecule has 1 aliphatic rings. The Morgan fingerprint density at radius 3 is 2.45 bits per heavy atom. The molecule has 1 fully saturated rings. The predicted molar refractivity (Wildman–Crippen MR) is 86.6 cm³/mol. The number of carbonyl (C=O) groups excluding carboxylic acids is 1. The Morgan fingerprint density at radius 1 is 1.41 bits per heavy atom. The van der Waals surface area contributed by atoms with Crippen LogP contribution in [-0.4, -0.2) is 49.9 Å². The molecule has 1 aromatic heterocycles. The van der Waals surface area contributed by atoms with Gasteiger partial charge in [-0.25, -0.2) is 8.42 Å². The molecule has 1 aliphatic heterocycles. The summed E-state index contributed by atoms with van der Waals surface area (Å²) in [5, 5.41) is 3.12. The fourth-order valence-electron chi connectivity index (χ4n) is 2.71. The SMILES string of the molecule is CNCC1CCN(S(=O)(=O)c2cc(C(N)=O)n(C)c2)CC1.Cl. The third-order valence-electron chi connectivity index (χ3n) is 3.94. The van der Waals surface area contributed by atoms with Crippen molar-refractivity contribution >= 4 is 28.3 Å². The first-order valence-electron chi connectivity index (χ1n) is 6.97. The molecule has 0 aromatic carbocycles. The average Bonchev–Trinajstić information content (AvgIpc) is 2.83. The van der Waals surface area contributed by atoms with Crippen LogP contribution in [-0.2, 0) is 17.1 Å². The van der Waals surface area contributed by atoms with Crippen molar-refractivity contribution < 1.29 is 13.2 Å². The van der Waals surface area contributed by atoms with E-state index in [0.717, 1.165) is 19.4 Å². The zero-order valence-corrected chi connectivity index (χ0v) is 14.4. The minimum atomic E-state index is -3.55. The maximum atomic E-state index is 12.6. The van der Waals surface area contributed by atoms with Crippen molar-refractivity contribution in [2.24, 2.45) is 18.7 Å². The number of halogens is 1. The number of sulfonamides is 1. The highest BCUT2D eigenvalue weighted by Crippen LogP contribution is 2.24. The molecule has 0 radical (unpaired) electrons. The van der Waals surface area contributed by atoms with Gasteiger partial charge in [-0.15, -0.1) is 12.4 Å². The second-order valence-electron chi connectivity index (χ2n) is 5.44. The van der Waals surface area contributed by atoms with Gasteiger partial charge in [0.25, 0.3) is 5.91 Å². The van der Waals surface area contributed by atoms with Gasteiger partial charge in [0.15, 0.2) is 0 Å². The molecule has 3 N–H and O–H groups in total. The Labute approximate surface area is 137 Å². The summed E-state index contributed by atoms with van der Waals surface area (Å²) in [5.74, 6) is -0.120. The van der Waals surface area contributed by atoms with Gasteiger partial charge < -0.3 is 15.6 Å². The molecular weight excluding hydrogens is 328 g/mol. The Hall–Kier alpha value is -1.09. The number of aryl methyl sites for hydroxylation is 1. The zero-order valence-electron chi connectivity index (χ0n) is 12.8. The number of nitrogens with zero attached hydrogens (tertiary/aromatic N) is 2. The molecule has 9 heteroatoms. The zero-order chi connectivity index (χ0) is 15.6. The van der Waals surface area contributed by atoms with Crippen molar-refractivity contribution in [3.63, 3.8) is 0 Å². The number of amides is 1. The highest BCUT2D eigenvalue weighted by Gasteiger charge is 2.30. The van der Waals surface area contributed by atoms with Gasteiger partial charge >= 0.3 is 0 Å². The van der Waals surface area contributed by atoms with Gasteiger partial charge in [0.1, 0.15) is 10.6 Å². The smallest absolute Gasteiger partial charge is 0.265 e. The van der Waals surface area contributed by atoms with E-state index in [-0.39, 0.29) is 23.0 Å². The van der Waals surface area contributed by atoms with E-state index in [1.165, 1.54) is 21.1 Å². The number of primary amides is 1. The summed E-state index contributed by atoms with van der Waals surface area (Å²) in [6.07, 6.45) is 3.13. The number of nitrogens with one attached hydrogen (secondary N) is 1. The van der Waals surface area contributed by atoms with Crippen molar-refractivity contribution in [2.75, 3.05) is 26.7 Å². The molecule has 22 heavy (non-hydrogen) atoms. The van der Waals surface area contributed by atoms with Gasteiger partial charge in [-0.3, -0.25) is 4.79 Å². The monoisotopic (exact) mass is 350 g/mol. The number of rotatable bonds is 5. The summed E-state index contributed by atoms with van der Waals surface area (Å²) in [7, 11) is -0.0407. The largest absolute Gasteiger partial charge is 0.364 e. The van der Waals surface area contributed by atoms with Crippen LogP contribution < -0.4 is 11.1 Å². The van der Waals surface area contributed by atoms with Crippen molar-refractivity contribution in [1.82, 2.24) is 14.2 Å². The lowest BCUT2D eigenvalue weighted by atomic mass is 9.98. The van der Waals surface area contributed by atoms with Crippen LogP contribution in [0.25, 0.3) is 0 Å². The molecule has 2 rings (SSSR count). The molecule has 0 aliphatic carbocycles. The third kappa shape index (κ3) is 3.81. The van der Waals surface area contributed by atoms with Gasteiger partial charge in [-0.1, -0.05) is 0 Å². The Morgan fingerprint density at radius 2 is 2.00 bits per heavy atom. The van der Waals surface area contributed by atoms with Gasteiger partial charge in [0, 0.05) is 26.3 Å². The number of carbonyl (C=O) groups is 1. The maximum absolute atomic E-state index is 12.6. The molecule has 2 heterocycles. The number of nitrogens with two attached hydrogens (primary N) is 1. The van der Waals surface area contributed by atoms with Crippen LogP contribution in [0.15, 0.2) is 17.2 Å². The molecule has 0 unspecified atom stereocenters. The molecule has 1 aromatic rings. The van der Waals surface area contributed by atoms with Crippen molar-refractivity contribution in [3.8, 4) is 0 Å². The average molecular weight is 351 g/mol. The van der Waals surface area contributed by atoms with Gasteiger partial charge in [0.2, 0.25) is 10.0 Å². The number of aromatic nitrogens is 1. The standard InChI is InChI=1S/C13H22N4O3S.ClH/c1-15-8-10-3-5-17(6-4-10)21(19,20)11-7-12(13(14)18)16(2)9-11;/h7,9-10,15H,3-6,8H2,1-2H3,(H2,14,18);1H. The minimum absolute atomic E-state index is 0. The summed E-state index contributed by atoms with van der Waals surface area (Å²) in [4.78, 5) is 11.4. The van der Waals surface area contributed by atoms with E-state index in [1.54, 1.807) is 7.05 Å². The quantitative estimate of drug-likeness (QED) is 0.790. The van der Waals surface area contributed by atoms with Crippen molar-refractivity contribution in [3.05, 3.63) is 18.0 Å². The van der Waals surface area contributed by atoms with Crippen molar-refractivity contribution in [1.29, 1.82) is 0 Å². The highest BCUT2D eigenvalue weighted by molar-refractivity contribution is 7.89. The minimum Gasteiger partial charge on any atom is -0.364 e. The first-order chi connectivity index (χ1) is 9.86. The maximum Gasteiger partial charge on any atom is 0.265 e. The van der Waals surface area contributed by atoms with E-state index in [2.05, 4.69) is 5.32 Å². The summed E-state index contributed by atoms with van der Waals surface area (Å²) < 4.78 is 28.1. The van der Waals surface area contributed by atoms with E-state index in [4.69, 9.17) is 5.73 Å². The normalized spacial score (nSPS) is 17.2. The first-order valence-corrected chi connectivity index (χ1v) is 8.41. The lowest BCUT2D eigenvalue weighted by molar-refractivity contribution is 0.0992. The van der Waals surface area contributed by atoms with Crippen LogP contribution in [0.4, 0.5) is 0 Å².